The lowest BCUT2D eigenvalue weighted by molar-refractivity contribution is -0.136. The molecule has 2 saturated heterocycles. The fourth-order valence-electron chi connectivity index (χ4n) is 4.57. The predicted molar refractivity (Wildman–Crippen MR) is 120 cm³/mol. The molecular weight excluding hydrogens is 463 g/mol. The number of carbonyl (C=O) groups excluding carboxylic acids is 1. The van der Waals surface area contributed by atoms with Crippen LogP contribution in [-0.2, 0) is 10.9 Å². The summed E-state index contributed by atoms with van der Waals surface area (Å²) in [5, 5.41) is 11.7. The maximum absolute atomic E-state index is 13.6. The fraction of sp³-hybridized carbons (Fsp3) is 0.500. The van der Waals surface area contributed by atoms with Gasteiger partial charge >= 0.3 is 12.3 Å². The van der Waals surface area contributed by atoms with Gasteiger partial charge in [-0.3, -0.25) is 4.90 Å². The minimum absolute atomic E-state index is 0.00702. The quantitative estimate of drug-likeness (QED) is 0.619. The highest BCUT2D eigenvalue weighted by Crippen LogP contribution is 2.41. The first-order valence-corrected chi connectivity index (χ1v) is 11.3. The van der Waals surface area contributed by atoms with Crippen molar-refractivity contribution in [1.82, 2.24) is 14.9 Å². The van der Waals surface area contributed by atoms with E-state index in [0.29, 0.717) is 12.0 Å². The van der Waals surface area contributed by atoms with Crippen LogP contribution in [0.5, 0.6) is 5.88 Å². The second-order valence-electron chi connectivity index (χ2n) is 9.73. The number of halogens is 3. The number of nitrogens with zero attached hydrogens (tertiary/aromatic N) is 4. The molecule has 2 aliphatic heterocycles. The molecule has 2 fully saturated rings. The van der Waals surface area contributed by atoms with E-state index in [9.17, 15) is 18.0 Å². The lowest BCUT2D eigenvalue weighted by atomic mass is 9.98. The Morgan fingerprint density at radius 1 is 1.23 bits per heavy atom. The highest BCUT2D eigenvalue weighted by molar-refractivity contribution is 5.70. The van der Waals surface area contributed by atoms with Gasteiger partial charge < -0.3 is 14.8 Å². The summed E-state index contributed by atoms with van der Waals surface area (Å²) in [7, 11) is 0. The summed E-state index contributed by atoms with van der Waals surface area (Å²) < 4.78 is 52.4. The summed E-state index contributed by atoms with van der Waals surface area (Å²) in [4.78, 5) is 22.7. The molecule has 2 aliphatic rings. The smallest absolute Gasteiger partial charge is 0.418 e. The summed E-state index contributed by atoms with van der Waals surface area (Å²) in [6.45, 7) is 7.09. The molecule has 3 atom stereocenters. The molecule has 186 valence electrons. The SMILES string of the molecule is Cc1c(Nc2ccc(C#N)cc2C(F)(F)F)ncnc1OC1CC2CCC1N2C(=O)OC(C)(C)C. The number of alkyl halides is 3. The monoisotopic (exact) mass is 489 g/mol. The third kappa shape index (κ3) is 5.11. The third-order valence-corrected chi connectivity index (χ3v) is 6.09. The Balaban J connectivity index is 1.54. The van der Waals surface area contributed by atoms with Crippen molar-refractivity contribution in [3.05, 3.63) is 41.2 Å². The molecule has 8 nitrogen and oxygen atoms in total. The first kappa shape index (κ1) is 24.6. The van der Waals surface area contributed by atoms with Crippen LogP contribution in [0.4, 0.5) is 29.5 Å². The molecule has 3 unspecified atom stereocenters. The van der Waals surface area contributed by atoms with Crippen LogP contribution in [-0.4, -0.2) is 44.7 Å². The summed E-state index contributed by atoms with van der Waals surface area (Å²) in [5.74, 6) is 0.378. The highest BCUT2D eigenvalue weighted by atomic mass is 19.4. The number of benzene rings is 1. The number of carbonyl (C=O) groups is 1. The van der Waals surface area contributed by atoms with Crippen molar-refractivity contribution < 1.29 is 27.4 Å². The van der Waals surface area contributed by atoms with Gasteiger partial charge in [0.25, 0.3) is 0 Å². The van der Waals surface area contributed by atoms with E-state index < -0.39 is 17.3 Å². The number of amides is 1. The van der Waals surface area contributed by atoms with Crippen LogP contribution in [0.3, 0.4) is 0 Å². The van der Waals surface area contributed by atoms with Gasteiger partial charge in [-0.25, -0.2) is 14.8 Å². The van der Waals surface area contributed by atoms with Crippen molar-refractivity contribution in [3.8, 4) is 11.9 Å². The summed E-state index contributed by atoms with van der Waals surface area (Å²) in [5.41, 5.74) is -1.49. The number of hydrogen-bond donors (Lipinski definition) is 1. The number of fused-ring (bicyclic) bond motifs is 2. The number of ether oxygens (including phenoxy) is 2. The standard InChI is InChI=1S/C24H26F3N5O3/c1-13-20(31-17-7-5-14(11-28)9-16(17)24(25,26)27)29-12-30-21(13)34-19-10-15-6-8-18(19)32(15)22(33)35-23(2,3)4/h5,7,9,12,15,18-19H,6,8,10H2,1-4H3,(H,29,30,31). The van der Waals surface area contributed by atoms with Crippen molar-refractivity contribution in [2.75, 3.05) is 5.32 Å². The molecule has 0 aliphatic carbocycles. The number of nitrogens with one attached hydrogen (secondary N) is 1. The van der Waals surface area contributed by atoms with E-state index in [1.165, 1.54) is 18.5 Å². The largest absolute Gasteiger partial charge is 0.472 e. The van der Waals surface area contributed by atoms with Crippen LogP contribution in [0.2, 0.25) is 0 Å². The van der Waals surface area contributed by atoms with Crippen molar-refractivity contribution in [2.45, 2.75) is 76.9 Å². The van der Waals surface area contributed by atoms with Gasteiger partial charge in [-0.15, -0.1) is 0 Å². The molecule has 1 N–H and O–H groups in total. The third-order valence-electron chi connectivity index (χ3n) is 6.09. The first-order valence-electron chi connectivity index (χ1n) is 11.3. The Morgan fingerprint density at radius 2 is 1.97 bits per heavy atom. The van der Waals surface area contributed by atoms with Gasteiger partial charge in [0.05, 0.1) is 34.5 Å². The molecule has 0 radical (unpaired) electrons. The molecule has 3 heterocycles. The van der Waals surface area contributed by atoms with E-state index in [0.717, 1.165) is 18.9 Å². The molecular formula is C24H26F3N5O3. The van der Waals surface area contributed by atoms with Crippen LogP contribution in [0.25, 0.3) is 0 Å². The minimum Gasteiger partial charge on any atom is -0.472 e. The maximum Gasteiger partial charge on any atom is 0.418 e. The molecule has 2 aromatic rings. The fourth-order valence-corrected chi connectivity index (χ4v) is 4.57. The molecule has 1 amide bonds. The van der Waals surface area contributed by atoms with Crippen LogP contribution in [0.1, 0.15) is 56.7 Å². The highest BCUT2D eigenvalue weighted by Gasteiger charge is 2.51. The summed E-state index contributed by atoms with van der Waals surface area (Å²) >= 11 is 0. The van der Waals surface area contributed by atoms with Crippen LogP contribution < -0.4 is 10.1 Å². The van der Waals surface area contributed by atoms with Gasteiger partial charge in [0, 0.05) is 12.5 Å². The molecule has 2 bridgehead atoms. The Bertz CT molecular complexity index is 1170. The lowest BCUT2D eigenvalue weighted by Gasteiger charge is -2.28. The average Bonchev–Trinajstić information content (AvgIpc) is 3.33. The maximum atomic E-state index is 13.6. The molecule has 0 saturated carbocycles. The number of aromatic nitrogens is 2. The van der Waals surface area contributed by atoms with E-state index in [4.69, 9.17) is 14.7 Å². The Kier molecular flexibility index (Phi) is 6.25. The number of rotatable bonds is 4. The van der Waals surface area contributed by atoms with Crippen LogP contribution in [0.15, 0.2) is 24.5 Å². The van der Waals surface area contributed by atoms with Crippen molar-refractivity contribution in [1.29, 1.82) is 5.26 Å². The molecule has 1 aromatic carbocycles. The molecule has 11 heteroatoms. The Labute approximate surface area is 201 Å². The van der Waals surface area contributed by atoms with Gasteiger partial charge in [0.2, 0.25) is 5.88 Å². The van der Waals surface area contributed by atoms with Crippen molar-refractivity contribution in [3.63, 3.8) is 0 Å². The normalized spacial score (nSPS) is 21.5. The first-order chi connectivity index (χ1) is 16.4. The van der Waals surface area contributed by atoms with Gasteiger partial charge in [-0.2, -0.15) is 18.4 Å². The Hall–Kier alpha value is -3.55. The number of nitriles is 1. The van der Waals surface area contributed by atoms with Crippen LogP contribution in [0, 0.1) is 18.3 Å². The van der Waals surface area contributed by atoms with Crippen molar-refractivity contribution >= 4 is 17.6 Å². The van der Waals surface area contributed by atoms with E-state index >= 15 is 0 Å². The second-order valence-corrected chi connectivity index (χ2v) is 9.73. The van der Waals surface area contributed by atoms with E-state index in [1.807, 2.05) is 20.8 Å². The van der Waals surface area contributed by atoms with Gasteiger partial charge in [0.1, 0.15) is 23.9 Å². The van der Waals surface area contributed by atoms with E-state index in [1.54, 1.807) is 17.9 Å². The number of hydrogen-bond acceptors (Lipinski definition) is 7. The van der Waals surface area contributed by atoms with Gasteiger partial charge in [-0.05, 0) is 58.7 Å². The minimum atomic E-state index is -4.66. The summed E-state index contributed by atoms with van der Waals surface area (Å²) in [6.07, 6.45) is -1.90. The average molecular weight is 489 g/mol. The summed E-state index contributed by atoms with van der Waals surface area (Å²) in [6, 6.07) is 4.83. The predicted octanol–water partition coefficient (Wildman–Crippen LogP) is 5.34. The zero-order valence-electron chi connectivity index (χ0n) is 19.8. The number of anilines is 2. The van der Waals surface area contributed by atoms with Crippen LogP contribution >= 0.6 is 0 Å². The Morgan fingerprint density at radius 3 is 2.63 bits per heavy atom. The molecule has 0 spiro atoms. The molecule has 35 heavy (non-hydrogen) atoms. The lowest BCUT2D eigenvalue weighted by Crippen LogP contribution is -2.42. The van der Waals surface area contributed by atoms with Gasteiger partial charge in [-0.1, -0.05) is 0 Å². The zero-order valence-corrected chi connectivity index (χ0v) is 19.8. The van der Waals surface area contributed by atoms with E-state index in [2.05, 4.69) is 15.3 Å². The topological polar surface area (TPSA) is 100 Å². The van der Waals surface area contributed by atoms with Gasteiger partial charge in [0.15, 0.2) is 0 Å². The molecule has 1 aromatic heterocycles. The van der Waals surface area contributed by atoms with Crippen molar-refractivity contribution in [2.24, 2.45) is 0 Å². The van der Waals surface area contributed by atoms with E-state index in [-0.39, 0.29) is 47.2 Å². The molecule has 4 rings (SSSR count). The zero-order chi connectivity index (χ0) is 25.5. The second kappa shape index (κ2) is 8.91.